The summed E-state index contributed by atoms with van der Waals surface area (Å²) in [6.45, 7) is 0.826. The van der Waals surface area contributed by atoms with Gasteiger partial charge in [-0.05, 0) is 43.7 Å². The highest BCUT2D eigenvalue weighted by atomic mass is 79.9. The fourth-order valence-electron chi connectivity index (χ4n) is 2.18. The number of thiophene rings is 1. The van der Waals surface area contributed by atoms with Crippen LogP contribution in [-0.2, 0) is 12.8 Å². The zero-order valence-electron chi connectivity index (χ0n) is 10.2. The number of amides is 1. The van der Waals surface area contributed by atoms with Crippen molar-refractivity contribution < 1.29 is 4.79 Å². The smallest absolute Gasteiger partial charge is 0.263 e. The number of rotatable bonds is 4. The van der Waals surface area contributed by atoms with E-state index in [1.807, 2.05) is 11.9 Å². The number of aryl methyl sites for hydroxylation is 2. The molecular formula is C13H18BrNOS. The minimum absolute atomic E-state index is 0.186. The lowest BCUT2D eigenvalue weighted by molar-refractivity contribution is 0.0800. The van der Waals surface area contributed by atoms with Crippen molar-refractivity contribution in [2.45, 2.75) is 32.1 Å². The van der Waals surface area contributed by atoms with Crippen molar-refractivity contribution in [2.24, 2.45) is 0 Å². The lowest BCUT2D eigenvalue weighted by Gasteiger charge is -2.15. The molecule has 4 heteroatoms. The Hall–Kier alpha value is -0.350. The van der Waals surface area contributed by atoms with E-state index in [1.165, 1.54) is 29.7 Å². The van der Waals surface area contributed by atoms with Gasteiger partial charge in [-0.25, -0.2) is 0 Å². The van der Waals surface area contributed by atoms with Gasteiger partial charge >= 0.3 is 0 Å². The molecule has 2 rings (SSSR count). The Morgan fingerprint density at radius 3 is 2.94 bits per heavy atom. The minimum Gasteiger partial charge on any atom is -0.341 e. The van der Waals surface area contributed by atoms with Gasteiger partial charge in [-0.15, -0.1) is 11.3 Å². The third-order valence-electron chi connectivity index (χ3n) is 3.18. The summed E-state index contributed by atoms with van der Waals surface area (Å²) >= 11 is 5.10. The van der Waals surface area contributed by atoms with Crippen LogP contribution in [0.15, 0.2) is 6.07 Å². The molecule has 1 aromatic heterocycles. The lowest BCUT2D eigenvalue weighted by atomic mass is 9.99. The normalized spacial score (nSPS) is 14.5. The Morgan fingerprint density at radius 2 is 2.24 bits per heavy atom. The van der Waals surface area contributed by atoms with Crippen LogP contribution in [0.5, 0.6) is 0 Å². The summed E-state index contributed by atoms with van der Waals surface area (Å²) in [7, 11) is 1.89. The summed E-state index contributed by atoms with van der Waals surface area (Å²) in [5.74, 6) is 0.186. The molecule has 0 spiro atoms. The molecule has 1 aliphatic carbocycles. The Bertz CT molecular complexity index is 379. The van der Waals surface area contributed by atoms with Gasteiger partial charge in [-0.3, -0.25) is 4.79 Å². The van der Waals surface area contributed by atoms with Crippen molar-refractivity contribution >= 4 is 33.2 Å². The van der Waals surface area contributed by atoms with Crippen LogP contribution in [0.1, 0.15) is 39.4 Å². The van der Waals surface area contributed by atoms with Gasteiger partial charge in [0.15, 0.2) is 0 Å². The summed E-state index contributed by atoms with van der Waals surface area (Å²) in [6, 6.07) is 2.12. The molecule has 0 aromatic carbocycles. The minimum atomic E-state index is 0.186. The molecule has 1 amide bonds. The van der Waals surface area contributed by atoms with Gasteiger partial charge in [-0.1, -0.05) is 15.9 Å². The zero-order chi connectivity index (χ0) is 12.3. The van der Waals surface area contributed by atoms with Gasteiger partial charge in [0.05, 0.1) is 4.88 Å². The van der Waals surface area contributed by atoms with Crippen molar-refractivity contribution in [2.75, 3.05) is 18.9 Å². The topological polar surface area (TPSA) is 20.3 Å². The second kappa shape index (κ2) is 6.01. The van der Waals surface area contributed by atoms with E-state index < -0.39 is 0 Å². The second-order valence-corrected chi connectivity index (χ2v) is 6.47. The maximum atomic E-state index is 12.2. The molecule has 0 atom stereocenters. The number of carbonyl (C=O) groups excluding carboxylic acids is 1. The molecule has 0 saturated carbocycles. The van der Waals surface area contributed by atoms with Crippen LogP contribution < -0.4 is 0 Å². The van der Waals surface area contributed by atoms with Crippen molar-refractivity contribution in [3.63, 3.8) is 0 Å². The third kappa shape index (κ3) is 3.10. The van der Waals surface area contributed by atoms with Crippen molar-refractivity contribution in [1.29, 1.82) is 0 Å². The first-order valence-corrected chi connectivity index (χ1v) is 8.09. The van der Waals surface area contributed by atoms with Crippen LogP contribution in [0.4, 0.5) is 0 Å². The SMILES string of the molecule is CN(CCCBr)C(=O)c1cc2c(s1)CCCC2. The first kappa shape index (κ1) is 13.1. The van der Waals surface area contributed by atoms with Crippen LogP contribution in [-0.4, -0.2) is 29.7 Å². The molecule has 1 aliphatic rings. The molecule has 1 aromatic rings. The van der Waals surface area contributed by atoms with Crippen LogP contribution >= 0.6 is 27.3 Å². The highest BCUT2D eigenvalue weighted by Gasteiger charge is 2.19. The molecule has 0 aliphatic heterocycles. The maximum Gasteiger partial charge on any atom is 0.263 e. The van der Waals surface area contributed by atoms with E-state index in [0.29, 0.717) is 0 Å². The quantitative estimate of drug-likeness (QED) is 0.779. The van der Waals surface area contributed by atoms with Crippen LogP contribution in [0.2, 0.25) is 0 Å². The monoisotopic (exact) mass is 315 g/mol. The average Bonchev–Trinajstić information content (AvgIpc) is 2.78. The number of hydrogen-bond donors (Lipinski definition) is 0. The largest absolute Gasteiger partial charge is 0.341 e. The third-order valence-corrected chi connectivity index (χ3v) is 4.97. The van der Waals surface area contributed by atoms with E-state index in [1.54, 1.807) is 11.3 Å². The average molecular weight is 316 g/mol. The van der Waals surface area contributed by atoms with Gasteiger partial charge in [0.2, 0.25) is 0 Å². The summed E-state index contributed by atoms with van der Waals surface area (Å²) < 4.78 is 0. The van der Waals surface area contributed by atoms with Gasteiger partial charge < -0.3 is 4.90 Å². The summed E-state index contributed by atoms with van der Waals surface area (Å²) in [6.07, 6.45) is 5.88. The van der Waals surface area contributed by atoms with Crippen LogP contribution in [0.3, 0.4) is 0 Å². The molecular weight excluding hydrogens is 298 g/mol. The molecule has 2 nitrogen and oxygen atoms in total. The first-order valence-electron chi connectivity index (χ1n) is 6.15. The molecule has 94 valence electrons. The molecule has 0 bridgehead atoms. The zero-order valence-corrected chi connectivity index (χ0v) is 12.6. The van der Waals surface area contributed by atoms with Crippen molar-refractivity contribution in [3.8, 4) is 0 Å². The maximum absolute atomic E-state index is 12.2. The fourth-order valence-corrected chi connectivity index (χ4v) is 3.68. The molecule has 1 heterocycles. The van der Waals surface area contributed by atoms with Gasteiger partial charge in [0.1, 0.15) is 0 Å². The highest BCUT2D eigenvalue weighted by Crippen LogP contribution is 2.30. The van der Waals surface area contributed by atoms with E-state index in [9.17, 15) is 4.79 Å². The molecule has 17 heavy (non-hydrogen) atoms. The van der Waals surface area contributed by atoms with E-state index in [0.717, 1.165) is 29.6 Å². The predicted octanol–water partition coefficient (Wildman–Crippen LogP) is 3.48. The Labute approximate surface area is 115 Å². The number of hydrogen-bond acceptors (Lipinski definition) is 2. The summed E-state index contributed by atoms with van der Waals surface area (Å²) in [4.78, 5) is 16.4. The van der Waals surface area contributed by atoms with Crippen LogP contribution in [0, 0.1) is 0 Å². The molecule has 0 unspecified atom stereocenters. The van der Waals surface area contributed by atoms with E-state index in [4.69, 9.17) is 0 Å². The Morgan fingerprint density at radius 1 is 1.47 bits per heavy atom. The van der Waals surface area contributed by atoms with Gasteiger partial charge in [-0.2, -0.15) is 0 Å². The Balaban J connectivity index is 2.06. The van der Waals surface area contributed by atoms with E-state index in [-0.39, 0.29) is 5.91 Å². The number of nitrogens with zero attached hydrogens (tertiary/aromatic N) is 1. The number of alkyl halides is 1. The van der Waals surface area contributed by atoms with Gasteiger partial charge in [0, 0.05) is 23.8 Å². The van der Waals surface area contributed by atoms with E-state index >= 15 is 0 Å². The van der Waals surface area contributed by atoms with Crippen LogP contribution in [0.25, 0.3) is 0 Å². The molecule has 0 N–H and O–H groups in total. The fraction of sp³-hybridized carbons (Fsp3) is 0.615. The van der Waals surface area contributed by atoms with E-state index in [2.05, 4.69) is 22.0 Å². The number of fused-ring (bicyclic) bond motifs is 1. The van der Waals surface area contributed by atoms with Crippen molar-refractivity contribution in [1.82, 2.24) is 4.90 Å². The predicted molar refractivity (Wildman–Crippen MR) is 76.3 cm³/mol. The Kier molecular flexibility index (Phi) is 4.62. The standard InChI is InChI=1S/C13H18BrNOS/c1-15(8-4-7-14)13(16)12-9-10-5-2-3-6-11(10)17-12/h9H,2-8H2,1H3. The molecule has 0 radical (unpaired) electrons. The summed E-state index contributed by atoms with van der Waals surface area (Å²) in [5.41, 5.74) is 1.42. The van der Waals surface area contributed by atoms with Crippen molar-refractivity contribution in [3.05, 3.63) is 21.4 Å². The van der Waals surface area contributed by atoms with Gasteiger partial charge in [0.25, 0.3) is 5.91 Å². The molecule has 0 saturated heterocycles. The second-order valence-electron chi connectivity index (χ2n) is 4.54. The first-order chi connectivity index (χ1) is 8.22. The number of halogens is 1. The summed E-state index contributed by atoms with van der Waals surface area (Å²) in [5, 5.41) is 0.950. The molecule has 0 fully saturated rings. The lowest BCUT2D eigenvalue weighted by Crippen LogP contribution is -2.27. The number of carbonyl (C=O) groups is 1. The highest BCUT2D eigenvalue weighted by molar-refractivity contribution is 9.09.